The quantitative estimate of drug-likeness (QED) is 0.294. The summed E-state index contributed by atoms with van der Waals surface area (Å²) in [6.07, 6.45) is 3.24. The molecule has 0 saturated carbocycles. The molecule has 0 atom stereocenters. The fourth-order valence-corrected chi connectivity index (χ4v) is 0.661. The van der Waals surface area contributed by atoms with Gasteiger partial charge in [0.2, 0.25) is 0 Å². The summed E-state index contributed by atoms with van der Waals surface area (Å²) in [4.78, 5) is 10.6. The molecule has 82 valence electrons. The Balaban J connectivity index is 0. The molecule has 4 heteroatoms. The molecule has 0 aliphatic rings. The van der Waals surface area contributed by atoms with Gasteiger partial charge in [0.1, 0.15) is 6.61 Å². The van der Waals surface area contributed by atoms with Gasteiger partial charge < -0.3 is 16.2 Å². The zero-order valence-electron chi connectivity index (χ0n) is 9.01. The van der Waals surface area contributed by atoms with Crippen molar-refractivity contribution in [3.05, 3.63) is 24.3 Å². The van der Waals surface area contributed by atoms with Crippen LogP contribution in [0, 0.1) is 0 Å². The molecule has 0 bridgehead atoms. The van der Waals surface area contributed by atoms with Crippen molar-refractivity contribution in [3.8, 4) is 0 Å². The maximum absolute atomic E-state index is 10.6. The van der Waals surface area contributed by atoms with Gasteiger partial charge in [0.15, 0.2) is 0 Å². The highest BCUT2D eigenvalue weighted by atomic mass is 16.5. The topological polar surface area (TPSA) is 73.3 Å². The zero-order valence-corrected chi connectivity index (χ0v) is 9.01. The number of hydrogen-bond donors (Lipinski definition) is 2. The molecule has 0 amide bonds. The summed E-state index contributed by atoms with van der Waals surface area (Å²) in [5.74, 6) is -0.371. The van der Waals surface area contributed by atoms with Crippen molar-refractivity contribution in [2.45, 2.75) is 13.8 Å². The summed E-state index contributed by atoms with van der Waals surface area (Å²) < 4.78 is 4.76. The van der Waals surface area contributed by atoms with Crippen LogP contribution in [0.3, 0.4) is 0 Å². The SMILES string of the molecule is C=CC(=O)OCCNCC=C(C)C.N. The second-order valence-corrected chi connectivity index (χ2v) is 2.86. The Morgan fingerprint density at radius 1 is 1.50 bits per heavy atom. The van der Waals surface area contributed by atoms with Crippen LogP contribution >= 0.6 is 0 Å². The van der Waals surface area contributed by atoms with Crippen LogP contribution in [0.5, 0.6) is 0 Å². The van der Waals surface area contributed by atoms with Crippen LogP contribution in [0.15, 0.2) is 24.3 Å². The molecule has 0 aliphatic heterocycles. The first-order chi connectivity index (χ1) is 6.16. The summed E-state index contributed by atoms with van der Waals surface area (Å²) in [6, 6.07) is 0. The predicted molar refractivity (Wildman–Crippen MR) is 58.5 cm³/mol. The van der Waals surface area contributed by atoms with Crippen LogP contribution in [0.25, 0.3) is 0 Å². The van der Waals surface area contributed by atoms with E-state index in [-0.39, 0.29) is 12.1 Å². The highest BCUT2D eigenvalue weighted by Crippen LogP contribution is 1.85. The average Bonchev–Trinajstić information content (AvgIpc) is 2.10. The molecule has 4 N–H and O–H groups in total. The molecular weight excluding hydrogens is 180 g/mol. The number of hydrogen-bond acceptors (Lipinski definition) is 4. The van der Waals surface area contributed by atoms with Crippen molar-refractivity contribution in [1.82, 2.24) is 11.5 Å². The summed E-state index contributed by atoms with van der Waals surface area (Å²) in [7, 11) is 0. The van der Waals surface area contributed by atoms with E-state index in [2.05, 4.69) is 18.0 Å². The van der Waals surface area contributed by atoms with E-state index in [1.807, 2.05) is 13.8 Å². The second kappa shape index (κ2) is 9.95. The van der Waals surface area contributed by atoms with Crippen molar-refractivity contribution in [2.24, 2.45) is 0 Å². The number of esters is 1. The lowest BCUT2D eigenvalue weighted by Gasteiger charge is -2.02. The predicted octanol–water partition coefficient (Wildman–Crippen LogP) is 1.43. The van der Waals surface area contributed by atoms with E-state index in [0.29, 0.717) is 13.2 Å². The molecule has 0 aliphatic carbocycles. The Kier molecular flexibility index (Phi) is 10.9. The molecule has 14 heavy (non-hydrogen) atoms. The van der Waals surface area contributed by atoms with Crippen LogP contribution in [-0.2, 0) is 9.53 Å². The fourth-order valence-electron chi connectivity index (χ4n) is 0.661. The van der Waals surface area contributed by atoms with Gasteiger partial charge in [-0.2, -0.15) is 0 Å². The highest BCUT2D eigenvalue weighted by Gasteiger charge is 1.92. The summed E-state index contributed by atoms with van der Waals surface area (Å²) in [5.41, 5.74) is 1.27. The van der Waals surface area contributed by atoms with Crippen molar-refractivity contribution in [1.29, 1.82) is 0 Å². The standard InChI is InChI=1S/C10H17NO2.H3N/c1-4-10(12)13-8-7-11-6-5-9(2)3;/h4-5,11H,1,6-8H2,2-3H3;1H3. The van der Waals surface area contributed by atoms with Crippen molar-refractivity contribution in [2.75, 3.05) is 19.7 Å². The lowest BCUT2D eigenvalue weighted by atomic mass is 10.3. The minimum Gasteiger partial charge on any atom is -0.461 e. The Morgan fingerprint density at radius 3 is 2.64 bits per heavy atom. The molecule has 0 spiro atoms. The Hall–Kier alpha value is -1.13. The van der Waals surface area contributed by atoms with Gasteiger partial charge >= 0.3 is 5.97 Å². The van der Waals surface area contributed by atoms with Crippen LogP contribution in [0.4, 0.5) is 0 Å². The number of nitrogens with one attached hydrogen (secondary N) is 1. The van der Waals surface area contributed by atoms with Gasteiger partial charge in [-0.05, 0) is 13.8 Å². The van der Waals surface area contributed by atoms with E-state index in [1.54, 1.807) is 0 Å². The Bertz CT molecular complexity index is 196. The molecule has 0 saturated heterocycles. The number of ether oxygens (including phenoxy) is 1. The number of rotatable bonds is 6. The third kappa shape index (κ3) is 10.9. The lowest BCUT2D eigenvalue weighted by molar-refractivity contribution is -0.137. The smallest absolute Gasteiger partial charge is 0.330 e. The molecule has 0 fully saturated rings. The van der Waals surface area contributed by atoms with Crippen LogP contribution in [-0.4, -0.2) is 25.7 Å². The third-order valence-electron chi connectivity index (χ3n) is 1.34. The molecule has 0 aromatic rings. The molecule has 0 aromatic heterocycles. The summed E-state index contributed by atoms with van der Waals surface area (Å²) in [5, 5.41) is 3.11. The Labute approximate surface area is 85.6 Å². The number of allylic oxidation sites excluding steroid dienone is 1. The maximum atomic E-state index is 10.6. The first-order valence-corrected chi connectivity index (χ1v) is 4.30. The van der Waals surface area contributed by atoms with E-state index in [4.69, 9.17) is 4.74 Å². The molecular formula is C10H20N2O2. The average molecular weight is 200 g/mol. The van der Waals surface area contributed by atoms with Crippen LogP contribution in [0.1, 0.15) is 13.8 Å². The first kappa shape index (κ1) is 15.3. The molecule has 0 aromatic carbocycles. The normalized spacial score (nSPS) is 8.43. The van der Waals surface area contributed by atoms with Gasteiger partial charge in [-0.15, -0.1) is 0 Å². The Morgan fingerprint density at radius 2 is 2.14 bits per heavy atom. The van der Waals surface area contributed by atoms with E-state index in [9.17, 15) is 4.79 Å². The number of carbonyl (C=O) groups is 1. The minimum absolute atomic E-state index is 0. The maximum Gasteiger partial charge on any atom is 0.330 e. The van der Waals surface area contributed by atoms with Gasteiger partial charge in [0.05, 0.1) is 0 Å². The van der Waals surface area contributed by atoms with Crippen molar-refractivity contribution in [3.63, 3.8) is 0 Å². The summed E-state index contributed by atoms with van der Waals surface area (Å²) in [6.45, 7) is 9.25. The zero-order chi connectivity index (χ0) is 10.1. The molecule has 4 nitrogen and oxygen atoms in total. The van der Waals surface area contributed by atoms with Crippen LogP contribution in [0.2, 0.25) is 0 Å². The van der Waals surface area contributed by atoms with E-state index >= 15 is 0 Å². The van der Waals surface area contributed by atoms with Gasteiger partial charge in [-0.25, -0.2) is 4.79 Å². The molecule has 0 radical (unpaired) electrons. The number of carbonyl (C=O) groups excluding carboxylic acids is 1. The van der Waals surface area contributed by atoms with Crippen molar-refractivity contribution >= 4 is 5.97 Å². The highest BCUT2D eigenvalue weighted by molar-refractivity contribution is 5.81. The summed E-state index contributed by atoms with van der Waals surface area (Å²) >= 11 is 0. The van der Waals surface area contributed by atoms with Gasteiger partial charge in [0.25, 0.3) is 0 Å². The molecule has 0 rings (SSSR count). The van der Waals surface area contributed by atoms with Gasteiger partial charge in [-0.1, -0.05) is 18.2 Å². The van der Waals surface area contributed by atoms with Gasteiger partial charge in [0, 0.05) is 19.2 Å². The third-order valence-corrected chi connectivity index (χ3v) is 1.34. The first-order valence-electron chi connectivity index (χ1n) is 4.30. The monoisotopic (exact) mass is 200 g/mol. The fraction of sp³-hybridized carbons (Fsp3) is 0.500. The van der Waals surface area contributed by atoms with E-state index in [1.165, 1.54) is 5.57 Å². The van der Waals surface area contributed by atoms with E-state index < -0.39 is 0 Å². The largest absolute Gasteiger partial charge is 0.461 e. The minimum atomic E-state index is -0.371. The van der Waals surface area contributed by atoms with Gasteiger partial charge in [-0.3, -0.25) is 0 Å². The second-order valence-electron chi connectivity index (χ2n) is 2.86. The van der Waals surface area contributed by atoms with E-state index in [0.717, 1.165) is 12.6 Å². The molecule has 0 unspecified atom stereocenters. The van der Waals surface area contributed by atoms with Crippen LogP contribution < -0.4 is 11.5 Å². The van der Waals surface area contributed by atoms with Crippen molar-refractivity contribution < 1.29 is 9.53 Å². The molecule has 0 heterocycles. The lowest BCUT2D eigenvalue weighted by Crippen LogP contribution is -2.21.